The van der Waals surface area contributed by atoms with Crippen molar-refractivity contribution >= 4 is 11.6 Å². The van der Waals surface area contributed by atoms with Crippen molar-refractivity contribution in [1.82, 2.24) is 5.32 Å². The van der Waals surface area contributed by atoms with Gasteiger partial charge in [-0.15, -0.1) is 0 Å². The molecule has 1 aliphatic rings. The van der Waals surface area contributed by atoms with Gasteiger partial charge < -0.3 is 10.2 Å². The first-order valence-corrected chi connectivity index (χ1v) is 8.65. The first-order chi connectivity index (χ1) is 12.1. The highest BCUT2D eigenvalue weighted by Gasteiger charge is 2.25. The molecule has 3 rings (SSSR count). The van der Waals surface area contributed by atoms with Crippen LogP contribution in [0.15, 0.2) is 48.5 Å². The predicted octanol–water partition coefficient (Wildman–Crippen LogP) is 3.54. The van der Waals surface area contributed by atoms with Gasteiger partial charge in [-0.3, -0.25) is 4.79 Å². The van der Waals surface area contributed by atoms with Crippen LogP contribution in [0, 0.1) is 17.6 Å². The first-order valence-electron chi connectivity index (χ1n) is 8.65. The summed E-state index contributed by atoms with van der Waals surface area (Å²) in [6.07, 6.45) is 2.12. The maximum atomic E-state index is 13.8. The zero-order valence-electron chi connectivity index (χ0n) is 14.1. The minimum absolute atomic E-state index is 0.0313. The quantitative estimate of drug-likeness (QED) is 0.900. The van der Waals surface area contributed by atoms with Crippen LogP contribution >= 0.6 is 0 Å². The summed E-state index contributed by atoms with van der Waals surface area (Å²) in [5, 5.41) is 2.96. The van der Waals surface area contributed by atoms with E-state index in [4.69, 9.17) is 0 Å². The molecule has 0 bridgehead atoms. The third-order valence-corrected chi connectivity index (χ3v) is 4.69. The van der Waals surface area contributed by atoms with E-state index in [9.17, 15) is 13.6 Å². The molecule has 1 saturated heterocycles. The molecule has 0 radical (unpaired) electrons. The largest absolute Gasteiger partial charge is 0.369 e. The van der Waals surface area contributed by atoms with E-state index in [-0.39, 0.29) is 23.5 Å². The van der Waals surface area contributed by atoms with Gasteiger partial charge in [0.25, 0.3) is 0 Å². The van der Waals surface area contributed by atoms with Crippen molar-refractivity contribution in [3.05, 3.63) is 65.7 Å². The second kappa shape index (κ2) is 8.10. The molecule has 25 heavy (non-hydrogen) atoms. The number of nitrogens with zero attached hydrogens (tertiary/aromatic N) is 1. The minimum atomic E-state index is -0.255. The Hall–Kier alpha value is -2.43. The molecule has 0 saturated carbocycles. The van der Waals surface area contributed by atoms with Crippen molar-refractivity contribution in [2.75, 3.05) is 24.5 Å². The summed E-state index contributed by atoms with van der Waals surface area (Å²) in [5.74, 6) is -0.453. The number of benzene rings is 2. The number of rotatable bonds is 5. The van der Waals surface area contributed by atoms with Gasteiger partial charge in [0, 0.05) is 25.6 Å². The number of carbonyl (C=O) groups is 1. The zero-order valence-corrected chi connectivity index (χ0v) is 14.1. The lowest BCUT2D eigenvalue weighted by molar-refractivity contribution is -0.125. The zero-order chi connectivity index (χ0) is 17.6. The van der Waals surface area contributed by atoms with Crippen molar-refractivity contribution in [1.29, 1.82) is 0 Å². The van der Waals surface area contributed by atoms with E-state index in [0.29, 0.717) is 31.7 Å². The Morgan fingerprint density at radius 1 is 1.04 bits per heavy atom. The molecule has 1 heterocycles. The second-order valence-corrected chi connectivity index (χ2v) is 6.38. The number of para-hydroxylation sites is 1. The Bertz CT molecular complexity index is 710. The number of piperidine rings is 1. The highest BCUT2D eigenvalue weighted by atomic mass is 19.1. The summed E-state index contributed by atoms with van der Waals surface area (Å²) in [6.45, 7) is 1.89. The van der Waals surface area contributed by atoms with Crippen LogP contribution in [-0.4, -0.2) is 25.5 Å². The van der Waals surface area contributed by atoms with Crippen molar-refractivity contribution in [3.63, 3.8) is 0 Å². The van der Waals surface area contributed by atoms with Crippen LogP contribution < -0.4 is 10.2 Å². The molecular formula is C20H22F2N2O. The smallest absolute Gasteiger partial charge is 0.223 e. The molecule has 2 aromatic rings. The molecule has 0 aromatic heterocycles. The second-order valence-electron chi connectivity index (χ2n) is 6.38. The summed E-state index contributed by atoms with van der Waals surface area (Å²) < 4.78 is 26.7. The highest BCUT2D eigenvalue weighted by molar-refractivity contribution is 5.79. The molecule has 0 aliphatic carbocycles. The monoisotopic (exact) mass is 344 g/mol. The van der Waals surface area contributed by atoms with E-state index in [2.05, 4.69) is 5.32 Å². The summed E-state index contributed by atoms with van der Waals surface area (Å²) in [5.41, 5.74) is 1.61. The maximum absolute atomic E-state index is 13.8. The van der Waals surface area contributed by atoms with Gasteiger partial charge >= 0.3 is 0 Å². The Kier molecular flexibility index (Phi) is 5.64. The average molecular weight is 344 g/mol. The van der Waals surface area contributed by atoms with Crippen molar-refractivity contribution in [2.24, 2.45) is 5.92 Å². The fourth-order valence-electron chi connectivity index (χ4n) is 3.22. The lowest BCUT2D eigenvalue weighted by Gasteiger charge is -2.33. The summed E-state index contributed by atoms with van der Waals surface area (Å²) in [6, 6.07) is 13.1. The molecule has 2 aromatic carbocycles. The van der Waals surface area contributed by atoms with Crippen LogP contribution in [0.1, 0.15) is 18.4 Å². The Morgan fingerprint density at radius 2 is 1.72 bits per heavy atom. The van der Waals surface area contributed by atoms with Gasteiger partial charge in [-0.2, -0.15) is 0 Å². The van der Waals surface area contributed by atoms with Crippen LogP contribution in [-0.2, 0) is 11.2 Å². The molecule has 5 heteroatoms. The lowest BCUT2D eigenvalue weighted by atomic mass is 9.95. The number of carbonyl (C=O) groups excluding carboxylic acids is 1. The van der Waals surface area contributed by atoms with Gasteiger partial charge in [-0.05, 0) is 49.1 Å². The number of amides is 1. The summed E-state index contributed by atoms with van der Waals surface area (Å²) >= 11 is 0. The van der Waals surface area contributed by atoms with E-state index in [1.54, 1.807) is 24.3 Å². The summed E-state index contributed by atoms with van der Waals surface area (Å²) in [4.78, 5) is 14.3. The fraction of sp³-hybridized carbons (Fsp3) is 0.350. The maximum Gasteiger partial charge on any atom is 0.223 e. The van der Waals surface area contributed by atoms with Crippen LogP contribution in [0.25, 0.3) is 0 Å². The lowest BCUT2D eigenvalue weighted by Crippen LogP contribution is -2.41. The Labute approximate surface area is 146 Å². The standard InChI is InChI=1S/C20H22F2N2O/c21-17-7-5-15(6-8-17)9-12-23-20(25)16-10-13-24(14-11-16)19-4-2-1-3-18(19)22/h1-8,16H,9-14H2,(H,23,25). The van der Waals surface area contributed by atoms with Crippen molar-refractivity contribution in [3.8, 4) is 0 Å². The van der Waals surface area contributed by atoms with Crippen molar-refractivity contribution in [2.45, 2.75) is 19.3 Å². The van der Waals surface area contributed by atoms with E-state index >= 15 is 0 Å². The molecular weight excluding hydrogens is 322 g/mol. The third-order valence-electron chi connectivity index (χ3n) is 4.69. The van der Waals surface area contributed by atoms with Gasteiger partial charge in [-0.1, -0.05) is 24.3 Å². The number of nitrogens with one attached hydrogen (secondary N) is 1. The number of hydrogen-bond acceptors (Lipinski definition) is 2. The molecule has 1 fully saturated rings. The SMILES string of the molecule is O=C(NCCc1ccc(F)cc1)C1CCN(c2ccccc2F)CC1. The molecule has 1 N–H and O–H groups in total. The Morgan fingerprint density at radius 3 is 2.40 bits per heavy atom. The molecule has 132 valence electrons. The third kappa shape index (κ3) is 4.56. The van der Waals surface area contributed by atoms with Crippen LogP contribution in [0.2, 0.25) is 0 Å². The van der Waals surface area contributed by atoms with Gasteiger partial charge in [0.15, 0.2) is 0 Å². The highest BCUT2D eigenvalue weighted by Crippen LogP contribution is 2.25. The average Bonchev–Trinajstić information content (AvgIpc) is 2.64. The van der Waals surface area contributed by atoms with Gasteiger partial charge in [0.05, 0.1) is 5.69 Å². The van der Waals surface area contributed by atoms with Crippen LogP contribution in [0.3, 0.4) is 0 Å². The van der Waals surface area contributed by atoms with E-state index in [1.807, 2.05) is 11.0 Å². The molecule has 0 spiro atoms. The van der Waals surface area contributed by atoms with Gasteiger partial charge in [0.2, 0.25) is 5.91 Å². The summed E-state index contributed by atoms with van der Waals surface area (Å²) in [7, 11) is 0. The molecule has 0 unspecified atom stereocenters. The topological polar surface area (TPSA) is 32.3 Å². The van der Waals surface area contributed by atoms with E-state index in [1.165, 1.54) is 18.2 Å². The predicted molar refractivity (Wildman–Crippen MR) is 94.5 cm³/mol. The molecule has 3 nitrogen and oxygen atoms in total. The molecule has 0 atom stereocenters. The van der Waals surface area contributed by atoms with E-state index < -0.39 is 0 Å². The van der Waals surface area contributed by atoms with Crippen LogP contribution in [0.5, 0.6) is 0 Å². The number of anilines is 1. The first kappa shape index (κ1) is 17.4. The number of hydrogen-bond donors (Lipinski definition) is 1. The van der Waals surface area contributed by atoms with Crippen molar-refractivity contribution < 1.29 is 13.6 Å². The fourth-order valence-corrected chi connectivity index (χ4v) is 3.22. The molecule has 1 aliphatic heterocycles. The number of halogens is 2. The van der Waals surface area contributed by atoms with Crippen LogP contribution in [0.4, 0.5) is 14.5 Å². The van der Waals surface area contributed by atoms with Gasteiger partial charge in [-0.25, -0.2) is 8.78 Å². The minimum Gasteiger partial charge on any atom is -0.369 e. The Balaban J connectivity index is 1.44. The van der Waals surface area contributed by atoms with E-state index in [0.717, 1.165) is 18.4 Å². The normalized spacial score (nSPS) is 15.2. The molecule has 1 amide bonds. The van der Waals surface area contributed by atoms with Gasteiger partial charge in [0.1, 0.15) is 11.6 Å².